The van der Waals surface area contributed by atoms with Crippen LogP contribution in [0.2, 0.25) is 0 Å². The highest BCUT2D eigenvalue weighted by molar-refractivity contribution is 5.88. The van der Waals surface area contributed by atoms with E-state index in [1.807, 2.05) is 0 Å². The Labute approximate surface area is 110 Å². The summed E-state index contributed by atoms with van der Waals surface area (Å²) in [6.45, 7) is 3.42. The molecule has 0 aromatic heterocycles. The molecule has 1 aromatic carbocycles. The van der Waals surface area contributed by atoms with Crippen LogP contribution in [-0.2, 0) is 4.74 Å². The summed E-state index contributed by atoms with van der Waals surface area (Å²) in [5.41, 5.74) is 0.810. The predicted octanol–water partition coefficient (Wildman–Crippen LogP) is 2.14. The van der Waals surface area contributed by atoms with Gasteiger partial charge in [0.2, 0.25) is 0 Å². The molecule has 1 aromatic rings. The minimum atomic E-state index is -1.23. The molecule has 0 radical (unpaired) electrons. The second-order valence-electron chi connectivity index (χ2n) is 5.44. The van der Waals surface area contributed by atoms with Gasteiger partial charge in [0.15, 0.2) is 0 Å². The average molecular weight is 265 g/mol. The van der Waals surface area contributed by atoms with Crippen LogP contribution in [0, 0.1) is 11.2 Å². The van der Waals surface area contributed by atoms with Crippen molar-refractivity contribution in [1.29, 1.82) is 0 Å². The molecule has 5 heteroatoms. The molecule has 2 saturated heterocycles. The molecule has 0 amide bonds. The Balaban J connectivity index is 1.71. The fourth-order valence-electron chi connectivity index (χ4n) is 2.94. The molecule has 2 heterocycles. The molecule has 3 rings (SSSR count). The van der Waals surface area contributed by atoms with Gasteiger partial charge in [-0.1, -0.05) is 0 Å². The topological polar surface area (TPSA) is 49.8 Å². The van der Waals surface area contributed by atoms with Crippen molar-refractivity contribution in [2.24, 2.45) is 5.41 Å². The van der Waals surface area contributed by atoms with Crippen molar-refractivity contribution < 1.29 is 19.0 Å². The van der Waals surface area contributed by atoms with Crippen LogP contribution in [0.15, 0.2) is 18.2 Å². The molecule has 102 valence electrons. The lowest BCUT2D eigenvalue weighted by Gasteiger charge is -2.53. The van der Waals surface area contributed by atoms with E-state index in [0.717, 1.165) is 44.8 Å². The van der Waals surface area contributed by atoms with Crippen LogP contribution in [-0.4, -0.2) is 37.4 Å². The first-order chi connectivity index (χ1) is 9.10. The Hall–Kier alpha value is -1.62. The van der Waals surface area contributed by atoms with E-state index in [1.54, 1.807) is 6.07 Å². The maximum atomic E-state index is 13.6. The summed E-state index contributed by atoms with van der Waals surface area (Å²) >= 11 is 0. The zero-order valence-corrected chi connectivity index (χ0v) is 10.6. The fourth-order valence-corrected chi connectivity index (χ4v) is 2.94. The normalized spacial score (nSPS) is 21.2. The maximum Gasteiger partial charge on any atom is 0.338 e. The number of carboxylic acid groups (broad SMARTS) is 1. The van der Waals surface area contributed by atoms with E-state index in [1.165, 1.54) is 12.1 Å². The van der Waals surface area contributed by atoms with E-state index in [0.29, 0.717) is 5.41 Å². The minimum absolute atomic E-state index is 0.273. The monoisotopic (exact) mass is 265 g/mol. The molecule has 1 spiro atoms. The number of rotatable bonds is 2. The first kappa shape index (κ1) is 12.4. The predicted molar refractivity (Wildman–Crippen MR) is 68.1 cm³/mol. The molecule has 2 fully saturated rings. The summed E-state index contributed by atoms with van der Waals surface area (Å²) in [4.78, 5) is 12.9. The summed E-state index contributed by atoms with van der Waals surface area (Å²) in [7, 11) is 0. The third-order valence-corrected chi connectivity index (χ3v) is 4.15. The molecule has 2 aliphatic rings. The number of halogens is 1. The number of anilines is 1. The molecule has 19 heavy (non-hydrogen) atoms. The van der Waals surface area contributed by atoms with Gasteiger partial charge in [0.1, 0.15) is 5.82 Å². The van der Waals surface area contributed by atoms with Crippen LogP contribution >= 0.6 is 0 Å². The second-order valence-corrected chi connectivity index (χ2v) is 5.44. The molecular formula is C14H16FNO3. The molecule has 0 aliphatic carbocycles. The summed E-state index contributed by atoms with van der Waals surface area (Å²) < 4.78 is 19.0. The Morgan fingerprint density at radius 1 is 1.32 bits per heavy atom. The Kier molecular flexibility index (Phi) is 2.93. The summed E-state index contributed by atoms with van der Waals surface area (Å²) in [5, 5.41) is 8.80. The molecule has 0 unspecified atom stereocenters. The molecule has 0 atom stereocenters. The first-order valence-corrected chi connectivity index (χ1v) is 6.45. The quantitative estimate of drug-likeness (QED) is 0.890. The smallest absolute Gasteiger partial charge is 0.338 e. The van der Waals surface area contributed by atoms with Gasteiger partial charge < -0.3 is 14.7 Å². The summed E-state index contributed by atoms with van der Waals surface area (Å²) in [5.74, 6) is -1.90. The highest BCUT2D eigenvalue weighted by Gasteiger charge is 2.43. The zero-order valence-electron chi connectivity index (χ0n) is 10.6. The maximum absolute atomic E-state index is 13.6. The van der Waals surface area contributed by atoms with Crippen molar-refractivity contribution in [3.63, 3.8) is 0 Å². The average Bonchev–Trinajstić information content (AvgIpc) is 2.36. The van der Waals surface area contributed by atoms with Crippen LogP contribution in [0.3, 0.4) is 0 Å². The van der Waals surface area contributed by atoms with Crippen molar-refractivity contribution in [2.75, 3.05) is 31.2 Å². The molecule has 1 N–H and O–H groups in total. The number of hydrogen-bond donors (Lipinski definition) is 1. The molecular weight excluding hydrogens is 249 g/mol. The van der Waals surface area contributed by atoms with Crippen molar-refractivity contribution >= 4 is 11.7 Å². The van der Waals surface area contributed by atoms with Gasteiger partial charge in [-0.05, 0) is 31.0 Å². The van der Waals surface area contributed by atoms with Gasteiger partial charge in [0.25, 0.3) is 0 Å². The van der Waals surface area contributed by atoms with E-state index in [2.05, 4.69) is 4.90 Å². The SMILES string of the molecule is O=C(O)c1ccc(N2CC3(CCOCC3)C2)cc1F. The van der Waals surface area contributed by atoms with Gasteiger partial charge in [0.05, 0.1) is 5.56 Å². The Bertz CT molecular complexity index is 503. The van der Waals surface area contributed by atoms with Gasteiger partial charge in [-0.2, -0.15) is 0 Å². The summed E-state index contributed by atoms with van der Waals surface area (Å²) in [6, 6.07) is 4.33. The zero-order chi connectivity index (χ0) is 13.5. The van der Waals surface area contributed by atoms with E-state index in [4.69, 9.17) is 9.84 Å². The first-order valence-electron chi connectivity index (χ1n) is 6.45. The van der Waals surface area contributed by atoms with Gasteiger partial charge in [-0.3, -0.25) is 0 Å². The van der Waals surface area contributed by atoms with Gasteiger partial charge in [-0.15, -0.1) is 0 Å². The van der Waals surface area contributed by atoms with Crippen LogP contribution in [0.4, 0.5) is 10.1 Å². The van der Waals surface area contributed by atoms with Crippen LogP contribution in [0.5, 0.6) is 0 Å². The number of nitrogens with zero attached hydrogens (tertiary/aromatic N) is 1. The van der Waals surface area contributed by atoms with Gasteiger partial charge in [0, 0.05) is 37.4 Å². The number of aromatic carboxylic acids is 1. The highest BCUT2D eigenvalue weighted by Crippen LogP contribution is 2.42. The van der Waals surface area contributed by atoms with Crippen molar-refractivity contribution in [2.45, 2.75) is 12.8 Å². The molecule has 4 nitrogen and oxygen atoms in total. The van der Waals surface area contributed by atoms with E-state index in [-0.39, 0.29) is 5.56 Å². The largest absolute Gasteiger partial charge is 0.478 e. The molecule has 0 bridgehead atoms. The number of carbonyl (C=O) groups is 1. The van der Waals surface area contributed by atoms with E-state index < -0.39 is 11.8 Å². The Morgan fingerprint density at radius 2 is 2.00 bits per heavy atom. The molecule has 2 aliphatic heterocycles. The highest BCUT2D eigenvalue weighted by atomic mass is 19.1. The lowest BCUT2D eigenvalue weighted by atomic mass is 9.73. The van der Waals surface area contributed by atoms with Crippen LogP contribution < -0.4 is 4.90 Å². The number of benzene rings is 1. The minimum Gasteiger partial charge on any atom is -0.478 e. The van der Waals surface area contributed by atoms with Crippen molar-refractivity contribution in [3.8, 4) is 0 Å². The summed E-state index contributed by atoms with van der Waals surface area (Å²) in [6.07, 6.45) is 2.11. The number of carboxylic acids is 1. The van der Waals surface area contributed by atoms with E-state index >= 15 is 0 Å². The standard InChI is InChI=1S/C14H16FNO3/c15-12-7-10(1-2-11(12)13(17)18)16-8-14(9-16)3-5-19-6-4-14/h1-2,7H,3-6,8-9H2,(H,17,18). The van der Waals surface area contributed by atoms with Gasteiger partial charge >= 0.3 is 5.97 Å². The molecule has 0 saturated carbocycles. The third kappa shape index (κ3) is 2.18. The van der Waals surface area contributed by atoms with Crippen molar-refractivity contribution in [3.05, 3.63) is 29.6 Å². The Morgan fingerprint density at radius 3 is 2.58 bits per heavy atom. The number of ether oxygens (including phenoxy) is 1. The second kappa shape index (κ2) is 4.49. The fraction of sp³-hybridized carbons (Fsp3) is 0.500. The van der Waals surface area contributed by atoms with Crippen LogP contribution in [0.25, 0.3) is 0 Å². The lowest BCUT2D eigenvalue weighted by molar-refractivity contribution is -0.000218. The third-order valence-electron chi connectivity index (χ3n) is 4.15. The van der Waals surface area contributed by atoms with Gasteiger partial charge in [-0.25, -0.2) is 9.18 Å². The lowest BCUT2D eigenvalue weighted by Crippen LogP contribution is -2.58. The van der Waals surface area contributed by atoms with E-state index in [9.17, 15) is 9.18 Å². The number of hydrogen-bond acceptors (Lipinski definition) is 3. The van der Waals surface area contributed by atoms with Crippen LogP contribution in [0.1, 0.15) is 23.2 Å². The van der Waals surface area contributed by atoms with Crippen molar-refractivity contribution in [1.82, 2.24) is 0 Å².